The molecule has 1 saturated carbocycles. The van der Waals surface area contributed by atoms with Gasteiger partial charge in [0.2, 0.25) is 0 Å². The first-order valence-electron chi connectivity index (χ1n) is 7.15. The summed E-state index contributed by atoms with van der Waals surface area (Å²) in [7, 11) is 0.417. The molecule has 110 valence electrons. The maximum Gasteiger partial charge on any atom is 0.309 e. The standard InChI is InChI=1S/C14H24O4S/c1-11(13(15)17-2)10-19(16)12-5-8-18-14(9-12)6-3-4-7-14/h11-12H,3-10H2,1-2H3. The molecular formula is C14H24O4S. The minimum absolute atomic E-state index is 0.00687. The van der Waals surface area contributed by atoms with Gasteiger partial charge in [-0.1, -0.05) is 19.8 Å². The zero-order chi connectivity index (χ0) is 13.9. The molecule has 2 aliphatic rings. The molecule has 1 aliphatic heterocycles. The Morgan fingerprint density at radius 2 is 2.16 bits per heavy atom. The van der Waals surface area contributed by atoms with E-state index in [1.54, 1.807) is 6.92 Å². The van der Waals surface area contributed by atoms with Crippen LogP contribution in [0.15, 0.2) is 0 Å². The van der Waals surface area contributed by atoms with Gasteiger partial charge < -0.3 is 9.47 Å². The molecule has 1 aliphatic carbocycles. The Kier molecular flexibility index (Phi) is 5.01. The zero-order valence-corrected chi connectivity index (χ0v) is 12.7. The molecule has 1 heterocycles. The highest BCUT2D eigenvalue weighted by molar-refractivity contribution is 7.85. The van der Waals surface area contributed by atoms with Crippen molar-refractivity contribution in [3.05, 3.63) is 0 Å². The topological polar surface area (TPSA) is 52.6 Å². The van der Waals surface area contributed by atoms with Crippen molar-refractivity contribution in [2.75, 3.05) is 19.5 Å². The summed E-state index contributed by atoms with van der Waals surface area (Å²) >= 11 is 0. The second kappa shape index (κ2) is 6.35. The van der Waals surface area contributed by atoms with Crippen molar-refractivity contribution in [1.82, 2.24) is 0 Å². The van der Waals surface area contributed by atoms with Crippen LogP contribution in [0.3, 0.4) is 0 Å². The van der Waals surface area contributed by atoms with Crippen LogP contribution in [0, 0.1) is 5.92 Å². The van der Waals surface area contributed by atoms with Crippen LogP contribution in [-0.2, 0) is 25.1 Å². The maximum atomic E-state index is 12.4. The molecule has 0 N–H and O–H groups in total. The monoisotopic (exact) mass is 288 g/mol. The van der Waals surface area contributed by atoms with E-state index in [4.69, 9.17) is 9.47 Å². The summed E-state index contributed by atoms with van der Waals surface area (Å²) in [6, 6.07) is 0. The van der Waals surface area contributed by atoms with Gasteiger partial charge in [-0.15, -0.1) is 0 Å². The Bertz CT molecular complexity index is 349. The summed E-state index contributed by atoms with van der Waals surface area (Å²) < 4.78 is 23.1. The van der Waals surface area contributed by atoms with Gasteiger partial charge in [0.1, 0.15) is 0 Å². The van der Waals surface area contributed by atoms with Crippen LogP contribution in [0.1, 0.15) is 45.4 Å². The van der Waals surface area contributed by atoms with Crippen molar-refractivity contribution in [2.45, 2.75) is 56.3 Å². The second-order valence-electron chi connectivity index (χ2n) is 5.83. The first-order chi connectivity index (χ1) is 9.06. The fourth-order valence-electron chi connectivity index (χ4n) is 3.23. The number of esters is 1. The molecule has 4 nitrogen and oxygen atoms in total. The van der Waals surface area contributed by atoms with E-state index in [0.29, 0.717) is 12.4 Å². The van der Waals surface area contributed by atoms with Crippen LogP contribution in [0.25, 0.3) is 0 Å². The predicted octanol–water partition coefficient (Wildman–Crippen LogP) is 2.04. The zero-order valence-electron chi connectivity index (χ0n) is 11.9. The van der Waals surface area contributed by atoms with E-state index in [1.165, 1.54) is 20.0 Å². The van der Waals surface area contributed by atoms with Crippen LogP contribution in [0.4, 0.5) is 0 Å². The third-order valence-corrected chi connectivity index (χ3v) is 6.33. The van der Waals surface area contributed by atoms with Crippen molar-refractivity contribution >= 4 is 16.8 Å². The first kappa shape index (κ1) is 15.0. The summed E-state index contributed by atoms with van der Waals surface area (Å²) in [6.07, 6.45) is 6.39. The number of ether oxygens (including phenoxy) is 2. The molecule has 5 heteroatoms. The molecule has 3 atom stereocenters. The number of carbonyl (C=O) groups excluding carboxylic acids is 1. The Balaban J connectivity index is 1.90. The lowest BCUT2D eigenvalue weighted by molar-refractivity contribution is -0.144. The van der Waals surface area contributed by atoms with E-state index in [-0.39, 0.29) is 22.7 Å². The number of rotatable bonds is 4. The predicted molar refractivity (Wildman–Crippen MR) is 74.4 cm³/mol. The normalized spacial score (nSPS) is 29.1. The largest absolute Gasteiger partial charge is 0.469 e. The molecule has 2 rings (SSSR count). The van der Waals surface area contributed by atoms with E-state index in [1.807, 2.05) is 0 Å². The molecule has 2 fully saturated rings. The Morgan fingerprint density at radius 3 is 2.79 bits per heavy atom. The number of hydrogen-bond acceptors (Lipinski definition) is 4. The molecule has 0 amide bonds. The lowest BCUT2D eigenvalue weighted by Gasteiger charge is -2.38. The first-order valence-corrected chi connectivity index (χ1v) is 8.53. The fraction of sp³-hybridized carbons (Fsp3) is 0.929. The fourth-order valence-corrected chi connectivity index (χ4v) is 4.98. The minimum Gasteiger partial charge on any atom is -0.469 e. The van der Waals surface area contributed by atoms with Crippen molar-refractivity contribution in [3.63, 3.8) is 0 Å². The van der Waals surface area contributed by atoms with Gasteiger partial charge in [0.05, 0.1) is 18.6 Å². The van der Waals surface area contributed by atoms with Gasteiger partial charge in [0, 0.05) is 28.4 Å². The maximum absolute atomic E-state index is 12.4. The van der Waals surface area contributed by atoms with E-state index in [0.717, 1.165) is 25.7 Å². The molecular weight excluding hydrogens is 264 g/mol. The van der Waals surface area contributed by atoms with E-state index in [2.05, 4.69) is 0 Å². The van der Waals surface area contributed by atoms with Crippen molar-refractivity contribution in [1.29, 1.82) is 0 Å². The molecule has 0 bridgehead atoms. The average Bonchev–Trinajstić information content (AvgIpc) is 2.85. The number of methoxy groups -OCH3 is 1. The van der Waals surface area contributed by atoms with Gasteiger partial charge in [-0.25, -0.2) is 0 Å². The summed E-state index contributed by atoms with van der Waals surface area (Å²) in [5, 5.41) is 0.180. The van der Waals surface area contributed by atoms with Crippen LogP contribution in [0.2, 0.25) is 0 Å². The average molecular weight is 288 g/mol. The van der Waals surface area contributed by atoms with Crippen LogP contribution in [-0.4, -0.2) is 40.5 Å². The van der Waals surface area contributed by atoms with Crippen molar-refractivity contribution < 1.29 is 18.5 Å². The molecule has 3 unspecified atom stereocenters. The number of hydrogen-bond donors (Lipinski definition) is 0. The molecule has 1 saturated heterocycles. The molecule has 0 aromatic heterocycles. The van der Waals surface area contributed by atoms with Gasteiger partial charge >= 0.3 is 5.97 Å². The summed E-state index contributed by atoms with van der Waals surface area (Å²) in [5.74, 6) is -0.142. The quantitative estimate of drug-likeness (QED) is 0.743. The highest BCUT2D eigenvalue weighted by Gasteiger charge is 2.41. The summed E-state index contributed by atoms with van der Waals surface area (Å²) in [6.45, 7) is 2.50. The van der Waals surface area contributed by atoms with Crippen molar-refractivity contribution in [2.24, 2.45) is 5.92 Å². The van der Waals surface area contributed by atoms with Gasteiger partial charge in [-0.05, 0) is 25.7 Å². The Hall–Kier alpha value is -0.420. The van der Waals surface area contributed by atoms with Crippen LogP contribution < -0.4 is 0 Å². The van der Waals surface area contributed by atoms with E-state index < -0.39 is 10.8 Å². The highest BCUT2D eigenvalue weighted by atomic mass is 32.2. The van der Waals surface area contributed by atoms with Crippen molar-refractivity contribution in [3.8, 4) is 0 Å². The lowest BCUT2D eigenvalue weighted by Crippen LogP contribution is -2.42. The number of carbonyl (C=O) groups is 1. The molecule has 1 spiro atoms. The summed E-state index contributed by atoms with van der Waals surface area (Å²) in [5.41, 5.74) is -0.00687. The molecule has 0 radical (unpaired) electrons. The van der Waals surface area contributed by atoms with Gasteiger partial charge in [-0.3, -0.25) is 9.00 Å². The molecule has 0 aromatic rings. The van der Waals surface area contributed by atoms with E-state index in [9.17, 15) is 9.00 Å². The third-order valence-electron chi connectivity index (χ3n) is 4.35. The minimum atomic E-state index is -0.962. The molecule has 19 heavy (non-hydrogen) atoms. The van der Waals surface area contributed by atoms with Gasteiger partial charge in [0.25, 0.3) is 0 Å². The third kappa shape index (κ3) is 3.57. The Labute approximate surface area is 117 Å². The molecule has 0 aromatic carbocycles. The second-order valence-corrected chi connectivity index (χ2v) is 7.59. The lowest BCUT2D eigenvalue weighted by atomic mass is 9.92. The van der Waals surface area contributed by atoms with Gasteiger partial charge in [-0.2, -0.15) is 0 Å². The SMILES string of the molecule is COC(=O)C(C)CS(=O)C1CCOC2(CCCC2)C1. The summed E-state index contributed by atoms with van der Waals surface area (Å²) in [4.78, 5) is 11.4. The Morgan fingerprint density at radius 1 is 1.47 bits per heavy atom. The highest BCUT2D eigenvalue weighted by Crippen LogP contribution is 2.41. The smallest absolute Gasteiger partial charge is 0.309 e. The van der Waals surface area contributed by atoms with E-state index >= 15 is 0 Å². The van der Waals surface area contributed by atoms with Crippen LogP contribution in [0.5, 0.6) is 0 Å². The van der Waals surface area contributed by atoms with Crippen LogP contribution >= 0.6 is 0 Å². The van der Waals surface area contributed by atoms with Gasteiger partial charge in [0.15, 0.2) is 0 Å².